The highest BCUT2D eigenvalue weighted by Gasteiger charge is 2.20. The van der Waals surface area contributed by atoms with Crippen LogP contribution in [0.3, 0.4) is 0 Å². The summed E-state index contributed by atoms with van der Waals surface area (Å²) in [6.45, 7) is 0. The van der Waals surface area contributed by atoms with E-state index in [1.165, 1.54) is 32.7 Å². The fourth-order valence-electron chi connectivity index (χ4n) is 1.56. The van der Waals surface area contributed by atoms with Crippen molar-refractivity contribution in [1.29, 1.82) is 0 Å². The minimum Gasteiger partial charge on any atom is -0.489 e. The predicted octanol–water partition coefficient (Wildman–Crippen LogP) is 2.06. The number of nitrogens with zero attached hydrogens (tertiary/aromatic N) is 2. The van der Waals surface area contributed by atoms with E-state index in [9.17, 15) is 8.42 Å². The molecular weight excluding hydrogens is 362 g/mol. The molecule has 0 aliphatic carbocycles. The maximum absolute atomic E-state index is 12.3. The second-order valence-electron chi connectivity index (χ2n) is 3.82. The van der Waals surface area contributed by atoms with Crippen molar-refractivity contribution < 1.29 is 17.9 Å². The highest BCUT2D eigenvalue weighted by molar-refractivity contribution is 9.10. The van der Waals surface area contributed by atoms with Crippen LogP contribution < -0.4 is 14.2 Å². The fourth-order valence-corrected chi connectivity index (χ4v) is 2.84. The highest BCUT2D eigenvalue weighted by Crippen LogP contribution is 2.32. The summed E-state index contributed by atoms with van der Waals surface area (Å²) in [5.41, 5.74) is 0. The molecule has 0 radical (unpaired) electrons. The van der Waals surface area contributed by atoms with Gasteiger partial charge in [-0.1, -0.05) is 15.9 Å². The third-order valence-electron chi connectivity index (χ3n) is 2.52. The largest absolute Gasteiger partial charge is 0.489 e. The van der Waals surface area contributed by atoms with Gasteiger partial charge in [0, 0.05) is 4.47 Å². The third-order valence-corrected chi connectivity index (χ3v) is 4.41. The van der Waals surface area contributed by atoms with Crippen molar-refractivity contribution >= 4 is 31.8 Å². The van der Waals surface area contributed by atoms with Crippen molar-refractivity contribution in [3.8, 4) is 11.6 Å². The summed E-state index contributed by atoms with van der Waals surface area (Å²) >= 11 is 3.25. The molecule has 0 amide bonds. The Hall–Kier alpha value is -1.87. The summed E-state index contributed by atoms with van der Waals surface area (Å²) in [5, 5.41) is 0. The topological polar surface area (TPSA) is 90.4 Å². The number of hydrogen-bond donors (Lipinski definition) is 1. The predicted molar refractivity (Wildman–Crippen MR) is 80.1 cm³/mol. The molecule has 2 aromatic rings. The molecule has 1 heterocycles. The number of aromatic nitrogens is 2. The first kappa shape index (κ1) is 15.5. The number of halogens is 1. The number of benzene rings is 1. The van der Waals surface area contributed by atoms with Crippen LogP contribution in [-0.4, -0.2) is 32.6 Å². The van der Waals surface area contributed by atoms with Crippen LogP contribution in [0.4, 0.5) is 5.82 Å². The van der Waals surface area contributed by atoms with E-state index in [1.54, 1.807) is 12.1 Å². The molecule has 21 heavy (non-hydrogen) atoms. The van der Waals surface area contributed by atoms with Gasteiger partial charge in [-0.25, -0.2) is 13.4 Å². The second-order valence-corrected chi connectivity index (χ2v) is 6.42. The average molecular weight is 374 g/mol. The van der Waals surface area contributed by atoms with Crippen LogP contribution in [0.1, 0.15) is 0 Å². The summed E-state index contributed by atoms with van der Waals surface area (Å²) in [4.78, 5) is 7.82. The molecule has 2 rings (SSSR count). The molecule has 0 aliphatic rings. The van der Waals surface area contributed by atoms with Gasteiger partial charge >= 0.3 is 0 Å². The lowest BCUT2D eigenvalue weighted by Gasteiger charge is -2.12. The summed E-state index contributed by atoms with van der Waals surface area (Å²) < 4.78 is 37.8. The molecule has 7 nitrogen and oxygen atoms in total. The lowest BCUT2D eigenvalue weighted by Crippen LogP contribution is -2.15. The van der Waals surface area contributed by atoms with E-state index in [0.717, 1.165) is 4.47 Å². The SMILES string of the molecule is COc1ncnc(NS(=O)(=O)c2ccc(Br)cc2)c1OC. The van der Waals surface area contributed by atoms with E-state index >= 15 is 0 Å². The minimum atomic E-state index is -3.78. The summed E-state index contributed by atoms with van der Waals surface area (Å²) in [5.74, 6) is 0.258. The number of nitrogens with one attached hydrogen (secondary N) is 1. The maximum Gasteiger partial charge on any atom is 0.263 e. The minimum absolute atomic E-state index is 0.00673. The molecule has 9 heteroatoms. The zero-order valence-corrected chi connectivity index (χ0v) is 13.6. The van der Waals surface area contributed by atoms with Crippen LogP contribution in [0.5, 0.6) is 11.6 Å². The Labute approximate surface area is 130 Å². The molecule has 1 N–H and O–H groups in total. The van der Waals surface area contributed by atoms with E-state index in [1.807, 2.05) is 0 Å². The van der Waals surface area contributed by atoms with Gasteiger partial charge in [0.2, 0.25) is 5.75 Å². The normalized spacial score (nSPS) is 11.0. The van der Waals surface area contributed by atoms with Crippen LogP contribution in [0.25, 0.3) is 0 Å². The van der Waals surface area contributed by atoms with E-state index in [4.69, 9.17) is 9.47 Å². The van der Waals surface area contributed by atoms with E-state index in [2.05, 4.69) is 30.6 Å². The first-order chi connectivity index (χ1) is 9.97. The molecule has 0 bridgehead atoms. The zero-order valence-electron chi connectivity index (χ0n) is 11.2. The van der Waals surface area contributed by atoms with Crippen molar-refractivity contribution in [1.82, 2.24) is 9.97 Å². The van der Waals surface area contributed by atoms with Crippen LogP contribution >= 0.6 is 15.9 Å². The Bertz CT molecular complexity index is 735. The van der Waals surface area contributed by atoms with E-state index < -0.39 is 10.0 Å². The standard InChI is InChI=1S/C12H12BrN3O4S/c1-19-10-11(14-7-15-12(10)20-2)16-21(17,18)9-5-3-8(13)4-6-9/h3-7H,1-2H3,(H,14,15,16). The molecule has 112 valence electrons. The molecule has 1 aromatic heterocycles. The zero-order chi connectivity index (χ0) is 15.5. The third kappa shape index (κ3) is 3.42. The molecule has 1 aromatic carbocycles. The van der Waals surface area contributed by atoms with Gasteiger partial charge in [-0.3, -0.25) is 4.72 Å². The quantitative estimate of drug-likeness (QED) is 0.862. The van der Waals surface area contributed by atoms with E-state index in [0.29, 0.717) is 0 Å². The smallest absolute Gasteiger partial charge is 0.263 e. The van der Waals surface area contributed by atoms with Gasteiger partial charge < -0.3 is 9.47 Å². The van der Waals surface area contributed by atoms with Gasteiger partial charge in [0.15, 0.2) is 5.82 Å². The van der Waals surface area contributed by atoms with Gasteiger partial charge in [0.05, 0.1) is 19.1 Å². The van der Waals surface area contributed by atoms with Crippen LogP contribution in [0.15, 0.2) is 40.0 Å². The maximum atomic E-state index is 12.3. The van der Waals surface area contributed by atoms with Gasteiger partial charge in [0.1, 0.15) is 6.33 Å². The Balaban J connectivity index is 2.39. The fraction of sp³-hybridized carbons (Fsp3) is 0.167. The number of hydrogen-bond acceptors (Lipinski definition) is 6. The molecular formula is C12H12BrN3O4S. The Morgan fingerprint density at radius 1 is 1.10 bits per heavy atom. The monoisotopic (exact) mass is 373 g/mol. The summed E-state index contributed by atoms with van der Waals surface area (Å²) in [6, 6.07) is 6.20. The summed E-state index contributed by atoms with van der Waals surface area (Å²) in [7, 11) is -1.01. The number of ether oxygens (including phenoxy) is 2. The number of sulfonamides is 1. The first-order valence-corrected chi connectivity index (χ1v) is 7.97. The van der Waals surface area contributed by atoms with Crippen molar-refractivity contribution in [2.75, 3.05) is 18.9 Å². The highest BCUT2D eigenvalue weighted by atomic mass is 79.9. The van der Waals surface area contributed by atoms with Crippen molar-refractivity contribution in [3.63, 3.8) is 0 Å². The van der Waals surface area contributed by atoms with Crippen LogP contribution in [0, 0.1) is 0 Å². The van der Waals surface area contributed by atoms with Gasteiger partial charge in [-0.05, 0) is 24.3 Å². The van der Waals surface area contributed by atoms with Crippen molar-refractivity contribution in [2.24, 2.45) is 0 Å². The number of anilines is 1. The Kier molecular flexibility index (Phi) is 4.63. The molecule has 0 saturated heterocycles. The van der Waals surface area contributed by atoms with Gasteiger partial charge in [-0.2, -0.15) is 4.98 Å². The van der Waals surface area contributed by atoms with Crippen LogP contribution in [-0.2, 0) is 10.0 Å². The summed E-state index contributed by atoms with van der Waals surface area (Å²) in [6.07, 6.45) is 1.18. The molecule has 0 unspecified atom stereocenters. The lowest BCUT2D eigenvalue weighted by atomic mass is 10.4. The second kappa shape index (κ2) is 6.27. The Morgan fingerprint density at radius 3 is 2.33 bits per heavy atom. The molecule has 0 atom stereocenters. The number of rotatable bonds is 5. The first-order valence-electron chi connectivity index (χ1n) is 5.69. The van der Waals surface area contributed by atoms with Crippen LogP contribution in [0.2, 0.25) is 0 Å². The average Bonchev–Trinajstić information content (AvgIpc) is 2.47. The van der Waals surface area contributed by atoms with Crippen molar-refractivity contribution in [3.05, 3.63) is 35.1 Å². The van der Waals surface area contributed by atoms with Crippen molar-refractivity contribution in [2.45, 2.75) is 4.90 Å². The van der Waals surface area contributed by atoms with E-state index in [-0.39, 0.29) is 22.3 Å². The molecule has 0 saturated carbocycles. The van der Waals surface area contributed by atoms with Gasteiger partial charge in [0.25, 0.3) is 15.9 Å². The lowest BCUT2D eigenvalue weighted by molar-refractivity contribution is 0.342. The molecule has 0 aliphatic heterocycles. The Morgan fingerprint density at radius 2 is 1.76 bits per heavy atom. The molecule has 0 spiro atoms. The molecule has 0 fully saturated rings. The van der Waals surface area contributed by atoms with Gasteiger partial charge in [-0.15, -0.1) is 0 Å². The number of methoxy groups -OCH3 is 2.